The first-order valence-corrected chi connectivity index (χ1v) is 11.8. The van der Waals surface area contributed by atoms with E-state index >= 15 is 0 Å². The Morgan fingerprint density at radius 1 is 0.943 bits per heavy atom. The van der Waals surface area contributed by atoms with E-state index in [0.29, 0.717) is 24.9 Å². The molecule has 0 spiro atoms. The molecule has 0 bridgehead atoms. The Bertz CT molecular complexity index is 853. The van der Waals surface area contributed by atoms with E-state index in [1.165, 1.54) is 31.2 Å². The maximum atomic E-state index is 12.9. The summed E-state index contributed by atoms with van der Waals surface area (Å²) in [5, 5.41) is 35.8. The monoisotopic (exact) mass is 513 g/mol. The minimum atomic E-state index is -1.30. The summed E-state index contributed by atoms with van der Waals surface area (Å²) in [7, 11) is 0. The Kier molecular flexibility index (Phi) is 13.1. The fraction of sp³-hybridized carbons (Fsp3) is 0.545. The Hall–Kier alpha value is -2.87. The van der Waals surface area contributed by atoms with Gasteiger partial charge in [-0.1, -0.05) is 12.1 Å². The van der Waals surface area contributed by atoms with Crippen molar-refractivity contribution in [2.24, 2.45) is 11.5 Å². The number of aromatic hydroxyl groups is 1. The van der Waals surface area contributed by atoms with E-state index in [9.17, 15) is 34.5 Å². The minimum Gasteiger partial charge on any atom is -0.508 e. The van der Waals surface area contributed by atoms with Gasteiger partial charge in [0.2, 0.25) is 17.7 Å². The summed E-state index contributed by atoms with van der Waals surface area (Å²) in [5.74, 6) is -3.60. The van der Waals surface area contributed by atoms with Crippen LogP contribution in [0.3, 0.4) is 0 Å². The van der Waals surface area contributed by atoms with Crippen LogP contribution in [0.1, 0.15) is 31.7 Å². The van der Waals surface area contributed by atoms with Crippen LogP contribution in [0, 0.1) is 0 Å². The third kappa shape index (κ3) is 10.5. The first-order chi connectivity index (χ1) is 16.5. The Labute approximate surface area is 209 Å². The number of amides is 3. The zero-order valence-corrected chi connectivity index (χ0v) is 20.4. The average Bonchev–Trinajstić information content (AvgIpc) is 2.81. The van der Waals surface area contributed by atoms with Gasteiger partial charge in [-0.15, -0.1) is 0 Å². The van der Waals surface area contributed by atoms with Crippen molar-refractivity contribution >= 4 is 36.3 Å². The molecule has 12 nitrogen and oxygen atoms in total. The molecule has 0 saturated carbocycles. The molecule has 1 rings (SSSR count). The van der Waals surface area contributed by atoms with Gasteiger partial charge in [-0.25, -0.2) is 4.79 Å². The molecule has 0 radical (unpaired) electrons. The molecule has 1 aromatic carbocycles. The number of thiol groups is 1. The number of unbranched alkanes of at least 4 members (excludes halogenated alkanes) is 1. The third-order valence-electron chi connectivity index (χ3n) is 5.21. The molecule has 35 heavy (non-hydrogen) atoms. The predicted molar refractivity (Wildman–Crippen MR) is 132 cm³/mol. The van der Waals surface area contributed by atoms with E-state index in [0.717, 1.165) is 0 Å². The summed E-state index contributed by atoms with van der Waals surface area (Å²) in [6.07, 6.45) is 0.116. The van der Waals surface area contributed by atoms with Crippen LogP contribution < -0.4 is 27.4 Å². The smallest absolute Gasteiger partial charge is 0.326 e. The van der Waals surface area contributed by atoms with Gasteiger partial charge in [0.15, 0.2) is 0 Å². The SMILES string of the molecule is CC(O)C(N)C(=O)NC(CCCCN)C(=O)NC(CS)C(=O)NC(Cc1ccc(O)cc1)C(=O)O. The fourth-order valence-corrected chi connectivity index (χ4v) is 3.31. The van der Waals surface area contributed by atoms with Gasteiger partial charge < -0.3 is 42.7 Å². The highest BCUT2D eigenvalue weighted by Crippen LogP contribution is 2.12. The van der Waals surface area contributed by atoms with Crippen molar-refractivity contribution in [1.29, 1.82) is 0 Å². The van der Waals surface area contributed by atoms with Crippen LogP contribution >= 0.6 is 12.6 Å². The number of carboxylic acids is 1. The molecule has 0 aliphatic heterocycles. The van der Waals surface area contributed by atoms with Crippen molar-refractivity contribution in [3.05, 3.63) is 29.8 Å². The molecule has 5 unspecified atom stereocenters. The highest BCUT2D eigenvalue weighted by Gasteiger charge is 2.30. The highest BCUT2D eigenvalue weighted by molar-refractivity contribution is 7.80. The van der Waals surface area contributed by atoms with Crippen LogP contribution in [-0.2, 0) is 25.6 Å². The maximum absolute atomic E-state index is 12.9. The Balaban J connectivity index is 2.88. The maximum Gasteiger partial charge on any atom is 0.326 e. The second-order valence-corrected chi connectivity index (χ2v) is 8.49. The number of phenolic OH excluding ortho intramolecular Hbond substituents is 1. The fourth-order valence-electron chi connectivity index (χ4n) is 3.06. The zero-order chi connectivity index (χ0) is 26.5. The lowest BCUT2D eigenvalue weighted by Gasteiger charge is -2.25. The zero-order valence-electron chi connectivity index (χ0n) is 19.5. The van der Waals surface area contributed by atoms with Crippen molar-refractivity contribution in [1.82, 2.24) is 16.0 Å². The average molecular weight is 514 g/mol. The van der Waals surface area contributed by atoms with Crippen LogP contribution in [0.15, 0.2) is 24.3 Å². The van der Waals surface area contributed by atoms with Gasteiger partial charge in [0.25, 0.3) is 0 Å². The second kappa shape index (κ2) is 15.2. The van der Waals surface area contributed by atoms with Gasteiger partial charge in [-0.2, -0.15) is 12.6 Å². The molecule has 0 aromatic heterocycles. The molecule has 0 saturated heterocycles. The summed E-state index contributed by atoms with van der Waals surface area (Å²) >= 11 is 4.09. The normalized spacial score (nSPS) is 15.2. The van der Waals surface area contributed by atoms with E-state index in [1.807, 2.05) is 0 Å². The van der Waals surface area contributed by atoms with Crippen LogP contribution in [0.5, 0.6) is 5.75 Å². The molecular weight excluding hydrogens is 478 g/mol. The number of nitrogens with two attached hydrogens (primary N) is 2. The topological polar surface area (TPSA) is 217 Å². The van der Waals surface area contributed by atoms with Crippen LogP contribution in [0.25, 0.3) is 0 Å². The number of hydrogen-bond acceptors (Lipinski definition) is 9. The first-order valence-electron chi connectivity index (χ1n) is 11.2. The summed E-state index contributed by atoms with van der Waals surface area (Å²) in [5.41, 5.74) is 11.7. The number of carboxylic acid groups (broad SMARTS) is 1. The minimum absolute atomic E-state index is 0.0185. The van der Waals surface area contributed by atoms with E-state index in [2.05, 4.69) is 28.6 Å². The largest absolute Gasteiger partial charge is 0.508 e. The van der Waals surface area contributed by atoms with E-state index in [-0.39, 0.29) is 24.3 Å². The number of benzene rings is 1. The Morgan fingerprint density at radius 2 is 1.49 bits per heavy atom. The molecular formula is C22H35N5O7S. The van der Waals surface area contributed by atoms with E-state index in [1.54, 1.807) is 0 Å². The number of carbonyl (C=O) groups is 4. The number of aliphatic carboxylic acids is 1. The quantitative estimate of drug-likeness (QED) is 0.0957. The predicted octanol–water partition coefficient (Wildman–Crippen LogP) is -1.76. The molecule has 10 N–H and O–H groups in total. The number of aliphatic hydroxyl groups is 1. The number of hydrogen-bond donors (Lipinski definition) is 9. The third-order valence-corrected chi connectivity index (χ3v) is 5.57. The van der Waals surface area contributed by atoms with Crippen LogP contribution in [0.4, 0.5) is 0 Å². The van der Waals surface area contributed by atoms with Crippen LogP contribution in [-0.4, -0.2) is 81.6 Å². The number of aliphatic hydroxyl groups excluding tert-OH is 1. The van der Waals surface area contributed by atoms with Crippen molar-refractivity contribution in [3.8, 4) is 5.75 Å². The Morgan fingerprint density at radius 3 is 2.00 bits per heavy atom. The molecule has 3 amide bonds. The molecule has 0 aliphatic rings. The van der Waals surface area contributed by atoms with Gasteiger partial charge in [0.05, 0.1) is 6.10 Å². The van der Waals surface area contributed by atoms with Gasteiger partial charge >= 0.3 is 5.97 Å². The first kappa shape index (κ1) is 30.2. The lowest BCUT2D eigenvalue weighted by atomic mass is 10.0. The molecule has 5 atom stereocenters. The van der Waals surface area contributed by atoms with Gasteiger partial charge in [-0.3, -0.25) is 14.4 Å². The number of carbonyl (C=O) groups excluding carboxylic acids is 3. The lowest BCUT2D eigenvalue weighted by molar-refractivity contribution is -0.142. The van der Waals surface area contributed by atoms with Crippen LogP contribution in [0.2, 0.25) is 0 Å². The van der Waals surface area contributed by atoms with Crippen molar-refractivity contribution in [3.63, 3.8) is 0 Å². The standard InChI is InChI=1S/C22H35N5O7S/c1-12(28)18(24)21(32)25-15(4-2-3-9-23)19(30)27-17(11-35)20(31)26-16(22(33)34)10-13-5-7-14(29)8-6-13/h5-8,12,15-18,28-29,35H,2-4,9-11,23-24H2,1H3,(H,25,32)(H,26,31)(H,27,30)(H,33,34). The summed E-state index contributed by atoms with van der Waals surface area (Å²) in [4.78, 5) is 49.5. The van der Waals surface area contributed by atoms with Gasteiger partial charge in [0, 0.05) is 12.2 Å². The molecule has 0 heterocycles. The summed E-state index contributed by atoms with van der Waals surface area (Å²) in [6.45, 7) is 1.72. The molecule has 0 fully saturated rings. The number of nitrogens with one attached hydrogen (secondary N) is 3. The number of phenols is 1. The van der Waals surface area contributed by atoms with Crippen molar-refractivity contribution in [2.45, 2.75) is 62.9 Å². The summed E-state index contributed by atoms with van der Waals surface area (Å²) < 4.78 is 0. The molecule has 1 aromatic rings. The molecule has 0 aliphatic carbocycles. The second-order valence-electron chi connectivity index (χ2n) is 8.13. The van der Waals surface area contributed by atoms with Crippen molar-refractivity contribution in [2.75, 3.05) is 12.3 Å². The summed E-state index contributed by atoms with van der Waals surface area (Å²) in [6, 6.07) is 1.07. The van der Waals surface area contributed by atoms with E-state index in [4.69, 9.17) is 11.5 Å². The molecule has 13 heteroatoms. The lowest BCUT2D eigenvalue weighted by Crippen LogP contribution is -2.58. The van der Waals surface area contributed by atoms with E-state index < -0.39 is 54.0 Å². The number of rotatable bonds is 15. The molecule has 196 valence electrons. The van der Waals surface area contributed by atoms with Gasteiger partial charge in [0.1, 0.15) is 29.9 Å². The van der Waals surface area contributed by atoms with Crippen molar-refractivity contribution < 1.29 is 34.5 Å². The highest BCUT2D eigenvalue weighted by atomic mass is 32.1. The van der Waals surface area contributed by atoms with Gasteiger partial charge in [-0.05, 0) is 50.4 Å².